The minimum atomic E-state index is 0.471. The summed E-state index contributed by atoms with van der Waals surface area (Å²) >= 11 is 6.50. The molecular formula is C4H5Br2N3. The van der Waals surface area contributed by atoms with Crippen LogP contribution in [-0.4, -0.2) is 10.2 Å². The highest BCUT2D eigenvalue weighted by Gasteiger charge is 2.04. The summed E-state index contributed by atoms with van der Waals surface area (Å²) in [4.78, 5) is 0. The first kappa shape index (κ1) is 7.24. The summed E-state index contributed by atoms with van der Waals surface area (Å²) in [5.74, 6) is 0. The van der Waals surface area contributed by atoms with Crippen molar-refractivity contribution in [3.8, 4) is 0 Å². The van der Waals surface area contributed by atoms with Crippen molar-refractivity contribution >= 4 is 31.9 Å². The Morgan fingerprint density at radius 1 is 1.56 bits per heavy atom. The molecule has 3 N–H and O–H groups in total. The molecule has 0 spiro atoms. The number of hydrogen-bond acceptors (Lipinski definition) is 2. The minimum Gasteiger partial charge on any atom is -0.325 e. The van der Waals surface area contributed by atoms with Gasteiger partial charge in [0.1, 0.15) is 4.60 Å². The van der Waals surface area contributed by atoms with E-state index in [1.165, 1.54) is 0 Å². The van der Waals surface area contributed by atoms with E-state index >= 15 is 0 Å². The van der Waals surface area contributed by atoms with Crippen molar-refractivity contribution in [3.63, 3.8) is 0 Å². The third kappa shape index (κ3) is 1.33. The van der Waals surface area contributed by atoms with E-state index in [9.17, 15) is 0 Å². The van der Waals surface area contributed by atoms with Gasteiger partial charge in [0, 0.05) is 6.54 Å². The van der Waals surface area contributed by atoms with Crippen LogP contribution in [0.1, 0.15) is 5.69 Å². The Balaban J connectivity index is 3.04. The summed E-state index contributed by atoms with van der Waals surface area (Å²) in [5, 5.41) is 6.61. The van der Waals surface area contributed by atoms with Crippen LogP contribution >= 0.6 is 31.9 Å². The molecule has 0 unspecified atom stereocenters. The number of nitrogens with zero attached hydrogens (tertiary/aromatic N) is 1. The molecular weight excluding hydrogens is 250 g/mol. The Morgan fingerprint density at radius 3 is 2.44 bits per heavy atom. The molecule has 0 fully saturated rings. The molecule has 1 aromatic rings. The van der Waals surface area contributed by atoms with Crippen LogP contribution < -0.4 is 5.73 Å². The number of aromatic nitrogens is 2. The van der Waals surface area contributed by atoms with E-state index in [1.807, 2.05) is 0 Å². The second-order valence-electron chi connectivity index (χ2n) is 1.51. The molecule has 3 nitrogen and oxygen atoms in total. The SMILES string of the molecule is NCc1[nH]nc(Br)c1Br. The van der Waals surface area contributed by atoms with E-state index in [0.717, 1.165) is 14.8 Å². The molecule has 1 rings (SSSR count). The molecule has 0 saturated carbocycles. The van der Waals surface area contributed by atoms with Crippen LogP contribution in [0.25, 0.3) is 0 Å². The van der Waals surface area contributed by atoms with Gasteiger partial charge in [0.05, 0.1) is 10.2 Å². The standard InChI is InChI=1S/C4H5Br2N3/c5-3-2(1-7)8-9-4(3)6/h1,7H2,(H,8,9). The molecule has 0 radical (unpaired) electrons. The van der Waals surface area contributed by atoms with Crippen molar-refractivity contribution in [2.75, 3.05) is 0 Å². The van der Waals surface area contributed by atoms with Crippen LogP contribution in [0.5, 0.6) is 0 Å². The van der Waals surface area contributed by atoms with Crippen LogP contribution in [0.4, 0.5) is 0 Å². The molecule has 9 heavy (non-hydrogen) atoms. The number of halogens is 2. The van der Waals surface area contributed by atoms with Gasteiger partial charge >= 0.3 is 0 Å². The van der Waals surface area contributed by atoms with Gasteiger partial charge in [-0.15, -0.1) is 0 Å². The molecule has 0 bridgehead atoms. The molecule has 50 valence electrons. The summed E-state index contributed by atoms with van der Waals surface area (Å²) < 4.78 is 1.67. The molecule has 0 aliphatic carbocycles. The Kier molecular flexibility index (Phi) is 2.26. The Bertz CT molecular complexity index is 208. The smallest absolute Gasteiger partial charge is 0.142 e. The van der Waals surface area contributed by atoms with Gasteiger partial charge in [-0.2, -0.15) is 5.10 Å². The maximum Gasteiger partial charge on any atom is 0.142 e. The van der Waals surface area contributed by atoms with Crippen LogP contribution in [0.3, 0.4) is 0 Å². The summed E-state index contributed by atoms with van der Waals surface area (Å²) in [7, 11) is 0. The Labute approximate surface area is 69.3 Å². The fraction of sp³-hybridized carbons (Fsp3) is 0.250. The molecule has 0 amide bonds. The number of hydrogen-bond donors (Lipinski definition) is 2. The van der Waals surface area contributed by atoms with E-state index in [1.54, 1.807) is 0 Å². The number of rotatable bonds is 1. The first-order valence-electron chi connectivity index (χ1n) is 2.34. The van der Waals surface area contributed by atoms with Gasteiger partial charge < -0.3 is 5.73 Å². The van der Waals surface area contributed by atoms with Crippen LogP contribution in [0, 0.1) is 0 Å². The largest absolute Gasteiger partial charge is 0.325 e. The first-order chi connectivity index (χ1) is 4.25. The lowest BCUT2D eigenvalue weighted by atomic mass is 10.4. The van der Waals surface area contributed by atoms with Gasteiger partial charge in [-0.1, -0.05) is 0 Å². The first-order valence-corrected chi connectivity index (χ1v) is 3.92. The highest BCUT2D eigenvalue weighted by Crippen LogP contribution is 2.22. The Hall–Kier alpha value is 0.130. The monoisotopic (exact) mass is 253 g/mol. The van der Waals surface area contributed by atoms with Gasteiger partial charge in [-0.25, -0.2) is 0 Å². The van der Waals surface area contributed by atoms with E-state index in [0.29, 0.717) is 6.54 Å². The average molecular weight is 255 g/mol. The van der Waals surface area contributed by atoms with Crippen molar-refractivity contribution in [1.82, 2.24) is 10.2 Å². The normalized spacial score (nSPS) is 10.1. The lowest BCUT2D eigenvalue weighted by Gasteiger charge is -1.87. The second-order valence-corrected chi connectivity index (χ2v) is 3.06. The third-order valence-corrected chi connectivity index (χ3v) is 2.90. The van der Waals surface area contributed by atoms with Gasteiger partial charge in [0.25, 0.3) is 0 Å². The van der Waals surface area contributed by atoms with Crippen molar-refractivity contribution in [2.24, 2.45) is 5.73 Å². The molecule has 0 aliphatic heterocycles. The number of nitrogens with one attached hydrogen (secondary N) is 1. The zero-order valence-electron chi connectivity index (χ0n) is 4.49. The fourth-order valence-electron chi connectivity index (χ4n) is 0.474. The molecule has 0 aromatic carbocycles. The maximum absolute atomic E-state index is 5.34. The van der Waals surface area contributed by atoms with E-state index in [-0.39, 0.29) is 0 Å². The van der Waals surface area contributed by atoms with E-state index < -0.39 is 0 Å². The predicted octanol–water partition coefficient (Wildman–Crippen LogP) is 1.39. The number of nitrogens with two attached hydrogens (primary N) is 1. The van der Waals surface area contributed by atoms with Gasteiger partial charge in [0.2, 0.25) is 0 Å². The third-order valence-electron chi connectivity index (χ3n) is 0.939. The number of aromatic amines is 1. The van der Waals surface area contributed by atoms with Crippen LogP contribution in [0.15, 0.2) is 9.08 Å². The van der Waals surface area contributed by atoms with E-state index in [2.05, 4.69) is 42.1 Å². The topological polar surface area (TPSA) is 54.7 Å². The maximum atomic E-state index is 5.34. The fourth-order valence-corrected chi connectivity index (χ4v) is 1.14. The van der Waals surface area contributed by atoms with Crippen molar-refractivity contribution < 1.29 is 0 Å². The summed E-state index contributed by atoms with van der Waals surface area (Å²) in [6.45, 7) is 0.471. The van der Waals surface area contributed by atoms with E-state index in [4.69, 9.17) is 5.73 Å². The Morgan fingerprint density at radius 2 is 2.22 bits per heavy atom. The van der Waals surface area contributed by atoms with Gasteiger partial charge in [-0.05, 0) is 31.9 Å². The van der Waals surface area contributed by atoms with Crippen molar-refractivity contribution in [1.29, 1.82) is 0 Å². The minimum absolute atomic E-state index is 0.471. The molecule has 0 atom stereocenters. The average Bonchev–Trinajstić information content (AvgIpc) is 2.15. The molecule has 1 aromatic heterocycles. The molecule has 1 heterocycles. The molecule has 0 saturated heterocycles. The molecule has 5 heteroatoms. The number of H-pyrrole nitrogens is 1. The van der Waals surface area contributed by atoms with Crippen molar-refractivity contribution in [2.45, 2.75) is 6.54 Å². The quantitative estimate of drug-likeness (QED) is 0.796. The lowest BCUT2D eigenvalue weighted by Crippen LogP contribution is -1.96. The summed E-state index contributed by atoms with van der Waals surface area (Å²) in [6, 6.07) is 0. The highest BCUT2D eigenvalue weighted by atomic mass is 79.9. The highest BCUT2D eigenvalue weighted by molar-refractivity contribution is 9.13. The van der Waals surface area contributed by atoms with Crippen molar-refractivity contribution in [3.05, 3.63) is 14.8 Å². The summed E-state index contributed by atoms with van der Waals surface area (Å²) in [5.41, 5.74) is 6.25. The van der Waals surface area contributed by atoms with Gasteiger partial charge in [0.15, 0.2) is 0 Å². The summed E-state index contributed by atoms with van der Waals surface area (Å²) in [6.07, 6.45) is 0. The van der Waals surface area contributed by atoms with Crippen LogP contribution in [0.2, 0.25) is 0 Å². The lowest BCUT2D eigenvalue weighted by molar-refractivity contribution is 0.941. The molecule has 0 aliphatic rings. The zero-order valence-corrected chi connectivity index (χ0v) is 7.66. The predicted molar refractivity (Wildman–Crippen MR) is 41.9 cm³/mol. The van der Waals surface area contributed by atoms with Gasteiger partial charge in [-0.3, -0.25) is 5.10 Å². The second kappa shape index (κ2) is 2.81. The van der Waals surface area contributed by atoms with Crippen LogP contribution in [-0.2, 0) is 6.54 Å². The zero-order chi connectivity index (χ0) is 6.85.